The number of aromatic nitrogens is 2. The number of aliphatic hydroxyl groups is 1. The van der Waals surface area contributed by atoms with Gasteiger partial charge in [0.25, 0.3) is 0 Å². The van der Waals surface area contributed by atoms with E-state index in [9.17, 15) is 14.7 Å². The minimum absolute atomic E-state index is 0.0170. The van der Waals surface area contributed by atoms with Crippen molar-refractivity contribution < 1.29 is 19.8 Å². The van der Waals surface area contributed by atoms with Crippen LogP contribution in [-0.2, 0) is 24.4 Å². The molecule has 1 aromatic carbocycles. The molecule has 2 aromatic rings. The summed E-state index contributed by atoms with van der Waals surface area (Å²) < 4.78 is 1.88. The number of aliphatic hydroxyl groups excluding tert-OH is 1. The number of benzene rings is 1. The fraction of sp³-hybridized carbons (Fsp3) is 0.421. The van der Waals surface area contributed by atoms with E-state index in [0.717, 1.165) is 17.8 Å². The highest BCUT2D eigenvalue weighted by molar-refractivity contribution is 5.87. The summed E-state index contributed by atoms with van der Waals surface area (Å²) in [5.74, 6) is -1.07. The van der Waals surface area contributed by atoms with Crippen molar-refractivity contribution in [3.05, 3.63) is 52.8 Å². The Bertz CT molecular complexity index is 829. The normalized spacial score (nSPS) is 15.2. The lowest BCUT2D eigenvalue weighted by atomic mass is 10.1. The molecule has 2 heterocycles. The quantitative estimate of drug-likeness (QED) is 0.788. The minimum Gasteiger partial charge on any atom is -0.478 e. The minimum atomic E-state index is -0.928. The maximum Gasteiger partial charge on any atom is 0.335 e. The molecule has 0 saturated carbocycles. The fourth-order valence-electron chi connectivity index (χ4n) is 3.10. The molecule has 1 aromatic heterocycles. The number of rotatable bonds is 6. The van der Waals surface area contributed by atoms with Crippen LogP contribution in [0.3, 0.4) is 0 Å². The molecule has 0 bridgehead atoms. The van der Waals surface area contributed by atoms with Crippen LogP contribution >= 0.6 is 0 Å². The number of amides is 1. The van der Waals surface area contributed by atoms with Crippen LogP contribution < -0.4 is 0 Å². The molecule has 0 spiro atoms. The summed E-state index contributed by atoms with van der Waals surface area (Å²) >= 11 is 0. The third kappa shape index (κ3) is 4.53. The Morgan fingerprint density at radius 2 is 1.93 bits per heavy atom. The predicted octanol–water partition coefficient (Wildman–Crippen LogP) is 1.11. The molecule has 1 atom stereocenters. The van der Waals surface area contributed by atoms with Gasteiger partial charge in [-0.1, -0.05) is 12.1 Å². The van der Waals surface area contributed by atoms with E-state index in [4.69, 9.17) is 5.11 Å². The average Bonchev–Trinajstić information content (AvgIpc) is 3.05. The van der Waals surface area contributed by atoms with Gasteiger partial charge in [-0.15, -0.1) is 0 Å². The van der Waals surface area contributed by atoms with Crippen LogP contribution in [0.1, 0.15) is 39.8 Å². The Balaban J connectivity index is 1.63. The van der Waals surface area contributed by atoms with E-state index in [1.165, 1.54) is 4.90 Å². The molecule has 8 nitrogen and oxygen atoms in total. The van der Waals surface area contributed by atoms with Gasteiger partial charge in [0.2, 0.25) is 5.91 Å². The van der Waals surface area contributed by atoms with E-state index >= 15 is 0 Å². The van der Waals surface area contributed by atoms with Crippen molar-refractivity contribution >= 4 is 11.9 Å². The third-order valence-corrected chi connectivity index (χ3v) is 4.71. The van der Waals surface area contributed by atoms with Gasteiger partial charge >= 0.3 is 5.97 Å². The van der Waals surface area contributed by atoms with Gasteiger partial charge in [0.15, 0.2) is 0 Å². The second-order valence-corrected chi connectivity index (χ2v) is 7.00. The van der Waals surface area contributed by atoms with Crippen LogP contribution in [0, 0.1) is 0 Å². The van der Waals surface area contributed by atoms with E-state index in [2.05, 4.69) is 10.00 Å². The molecular weight excluding hydrogens is 348 g/mol. The average molecular weight is 372 g/mol. The number of fused-ring (bicyclic) bond motifs is 1. The Morgan fingerprint density at radius 1 is 1.22 bits per heavy atom. The largest absolute Gasteiger partial charge is 0.478 e. The highest BCUT2D eigenvalue weighted by Crippen LogP contribution is 2.22. The first-order valence-electron chi connectivity index (χ1n) is 8.83. The van der Waals surface area contributed by atoms with Crippen LogP contribution in [0.25, 0.3) is 0 Å². The van der Waals surface area contributed by atoms with E-state index < -0.39 is 12.1 Å². The lowest BCUT2D eigenvalue weighted by Crippen LogP contribution is -2.33. The van der Waals surface area contributed by atoms with Gasteiger partial charge in [-0.2, -0.15) is 5.10 Å². The lowest BCUT2D eigenvalue weighted by Gasteiger charge is -2.27. The number of carbonyl (C=O) groups excluding carboxylic acids is 1. The molecule has 0 aliphatic carbocycles. The van der Waals surface area contributed by atoms with Crippen LogP contribution in [0.5, 0.6) is 0 Å². The number of hydrogen-bond donors (Lipinski definition) is 2. The molecule has 27 heavy (non-hydrogen) atoms. The molecule has 1 amide bonds. The zero-order valence-corrected chi connectivity index (χ0v) is 15.5. The summed E-state index contributed by atoms with van der Waals surface area (Å²) in [4.78, 5) is 26.4. The van der Waals surface area contributed by atoms with Crippen LogP contribution in [0.2, 0.25) is 0 Å². The SMILES string of the molecule is CN(C)C(=O)C[C@H](O)c1cc2n(n1)CCN(Cc1ccc(C(=O)O)cc1)C2. The molecule has 0 fully saturated rings. The van der Waals surface area contributed by atoms with Crippen molar-refractivity contribution in [2.75, 3.05) is 20.6 Å². The van der Waals surface area contributed by atoms with Gasteiger partial charge in [-0.25, -0.2) is 4.79 Å². The topological polar surface area (TPSA) is 98.9 Å². The predicted molar refractivity (Wildman–Crippen MR) is 98.0 cm³/mol. The first-order valence-corrected chi connectivity index (χ1v) is 8.83. The third-order valence-electron chi connectivity index (χ3n) is 4.71. The second kappa shape index (κ2) is 7.89. The first kappa shape index (κ1) is 19.1. The molecule has 0 unspecified atom stereocenters. The molecule has 0 radical (unpaired) electrons. The van der Waals surface area contributed by atoms with Crippen molar-refractivity contribution in [1.29, 1.82) is 0 Å². The highest BCUT2D eigenvalue weighted by Gasteiger charge is 2.23. The van der Waals surface area contributed by atoms with Gasteiger partial charge in [-0.05, 0) is 23.8 Å². The van der Waals surface area contributed by atoms with Gasteiger partial charge in [-0.3, -0.25) is 14.4 Å². The van der Waals surface area contributed by atoms with Crippen molar-refractivity contribution in [2.24, 2.45) is 0 Å². The molecule has 2 N–H and O–H groups in total. The zero-order chi connectivity index (χ0) is 19.6. The molecule has 3 rings (SSSR count). The van der Waals surface area contributed by atoms with Gasteiger partial charge in [0, 0.05) is 33.7 Å². The van der Waals surface area contributed by atoms with E-state index in [1.54, 1.807) is 26.2 Å². The standard InChI is InChI=1S/C19H24N4O4/c1-21(2)18(25)10-17(24)16-9-15-12-22(7-8-23(15)20-16)11-13-3-5-14(6-4-13)19(26)27/h3-6,9,17,24H,7-8,10-12H2,1-2H3,(H,26,27)/t17-/m0/s1. The number of carboxylic acids is 1. The maximum absolute atomic E-state index is 11.8. The van der Waals surface area contributed by atoms with Gasteiger partial charge in [0.05, 0.1) is 29.9 Å². The Kier molecular flexibility index (Phi) is 5.57. The van der Waals surface area contributed by atoms with Crippen LogP contribution in [0.4, 0.5) is 0 Å². The fourth-order valence-corrected chi connectivity index (χ4v) is 3.10. The molecule has 1 aliphatic heterocycles. The number of aromatic carboxylic acids is 1. The van der Waals surface area contributed by atoms with Crippen molar-refractivity contribution in [3.63, 3.8) is 0 Å². The molecule has 0 saturated heterocycles. The summed E-state index contributed by atoms with van der Waals surface area (Å²) in [7, 11) is 3.32. The Morgan fingerprint density at radius 3 is 2.56 bits per heavy atom. The summed E-state index contributed by atoms with van der Waals surface area (Å²) in [5.41, 5.74) is 2.84. The summed E-state index contributed by atoms with van der Waals surface area (Å²) in [6.07, 6.45) is -0.890. The summed E-state index contributed by atoms with van der Waals surface area (Å²) in [6.45, 7) is 2.91. The molecule has 8 heteroatoms. The maximum atomic E-state index is 11.8. The van der Waals surface area contributed by atoms with E-state index in [0.29, 0.717) is 25.3 Å². The van der Waals surface area contributed by atoms with E-state index in [1.807, 2.05) is 22.9 Å². The molecule has 144 valence electrons. The van der Waals surface area contributed by atoms with E-state index in [-0.39, 0.29) is 17.9 Å². The van der Waals surface area contributed by atoms with Crippen molar-refractivity contribution in [2.45, 2.75) is 32.2 Å². The smallest absolute Gasteiger partial charge is 0.335 e. The Hall–Kier alpha value is -2.71. The molecule has 1 aliphatic rings. The van der Waals surface area contributed by atoms with Crippen molar-refractivity contribution in [3.8, 4) is 0 Å². The number of nitrogens with zero attached hydrogens (tertiary/aromatic N) is 4. The molecular formula is C19H24N4O4. The van der Waals surface area contributed by atoms with Crippen LogP contribution in [-0.4, -0.2) is 62.3 Å². The van der Waals surface area contributed by atoms with Crippen molar-refractivity contribution in [1.82, 2.24) is 19.6 Å². The summed E-state index contributed by atoms with van der Waals surface area (Å²) in [5, 5.41) is 23.7. The summed E-state index contributed by atoms with van der Waals surface area (Å²) in [6, 6.07) is 8.74. The Labute approximate surface area is 157 Å². The lowest BCUT2D eigenvalue weighted by molar-refractivity contribution is -0.130. The monoisotopic (exact) mass is 372 g/mol. The number of carboxylic acid groups (broad SMARTS) is 1. The van der Waals surface area contributed by atoms with Crippen LogP contribution in [0.15, 0.2) is 30.3 Å². The number of carbonyl (C=O) groups is 2. The first-order chi connectivity index (χ1) is 12.8. The number of hydrogen-bond acceptors (Lipinski definition) is 5. The second-order valence-electron chi connectivity index (χ2n) is 7.00. The van der Waals surface area contributed by atoms with Gasteiger partial charge < -0.3 is 15.1 Å². The highest BCUT2D eigenvalue weighted by atomic mass is 16.4. The van der Waals surface area contributed by atoms with Gasteiger partial charge in [0.1, 0.15) is 6.10 Å². The zero-order valence-electron chi connectivity index (χ0n) is 15.5.